The number of phenolic OH excluding ortho intramolecular Hbond substituents is 1. The number of fused-ring (bicyclic) bond motifs is 1. The number of nitrogens with zero attached hydrogens (tertiary/aromatic N) is 1. The fraction of sp³-hybridized carbons (Fsp3) is 0.250. The second-order valence-corrected chi connectivity index (χ2v) is 17.5. The number of aromatic nitrogens is 1. The number of piperidine rings is 1. The average Bonchev–Trinajstić information content (AvgIpc) is 3.84. The van der Waals surface area contributed by atoms with Crippen molar-refractivity contribution in [2.24, 2.45) is 5.92 Å². The standard InChI is InChI=1S/C52H52N4O7S/c57-44-21-19-42(43-20-24-48(59)55-49(43)44)45(58)32-53-28-25-35-11-13-36(14-12-35)31-54-50(60)47-23-22-46(64-47)39-15-17-41(18-16-39)52(62,40-9-5-2-6-10-40)51(61)63-34-38-26-29-56(30-27-38)33-37-7-3-1-4-8-37/h1-24,38,45,53,57-58,62H,25-34H2,(H,54,60)(H,55,59)/t45-,52?/m0/s1. The first-order valence-corrected chi connectivity index (χ1v) is 22.5. The first kappa shape index (κ1) is 44.2. The van der Waals surface area contributed by atoms with Crippen LogP contribution in [0.4, 0.5) is 0 Å². The number of carbonyl (C=O) groups excluding carboxylic acids is 2. The summed E-state index contributed by atoms with van der Waals surface area (Å²) in [4.78, 5) is 45.3. The van der Waals surface area contributed by atoms with Crippen LogP contribution in [0.25, 0.3) is 21.3 Å². The van der Waals surface area contributed by atoms with Gasteiger partial charge in [0.15, 0.2) is 0 Å². The minimum Gasteiger partial charge on any atom is -0.506 e. The Morgan fingerprint density at radius 3 is 2.22 bits per heavy atom. The number of phenols is 1. The van der Waals surface area contributed by atoms with Crippen molar-refractivity contribution in [2.45, 2.75) is 44.1 Å². The van der Waals surface area contributed by atoms with E-state index in [1.807, 2.05) is 54.6 Å². The van der Waals surface area contributed by atoms with E-state index in [0.29, 0.717) is 52.1 Å². The van der Waals surface area contributed by atoms with Gasteiger partial charge in [0.25, 0.3) is 5.91 Å². The number of H-pyrrole nitrogens is 1. The zero-order chi connectivity index (χ0) is 44.5. The molecule has 3 heterocycles. The monoisotopic (exact) mass is 876 g/mol. The molecule has 8 rings (SSSR count). The van der Waals surface area contributed by atoms with Crippen molar-refractivity contribution < 1.29 is 29.6 Å². The molecule has 2 aromatic heterocycles. The van der Waals surface area contributed by atoms with Gasteiger partial charge in [-0.05, 0) is 108 Å². The maximum Gasteiger partial charge on any atom is 0.347 e. The van der Waals surface area contributed by atoms with Crippen LogP contribution in [0, 0.1) is 5.92 Å². The van der Waals surface area contributed by atoms with E-state index in [9.17, 15) is 29.7 Å². The van der Waals surface area contributed by atoms with Crippen molar-refractivity contribution >= 4 is 34.1 Å². The van der Waals surface area contributed by atoms with Crippen molar-refractivity contribution in [3.8, 4) is 16.2 Å². The summed E-state index contributed by atoms with van der Waals surface area (Å²) in [6, 6.07) is 44.3. The molecule has 1 aliphatic rings. The maximum absolute atomic E-state index is 13.8. The molecule has 328 valence electrons. The van der Waals surface area contributed by atoms with Gasteiger partial charge >= 0.3 is 5.97 Å². The van der Waals surface area contributed by atoms with E-state index >= 15 is 0 Å². The number of ether oxygens (including phenoxy) is 1. The highest BCUT2D eigenvalue weighted by molar-refractivity contribution is 7.17. The number of nitrogens with one attached hydrogen (secondary N) is 3. The van der Waals surface area contributed by atoms with Gasteiger partial charge in [-0.2, -0.15) is 0 Å². The number of benzene rings is 5. The molecule has 1 fully saturated rings. The number of esters is 1. The Bertz CT molecular complexity index is 2720. The van der Waals surface area contributed by atoms with Crippen molar-refractivity contribution in [1.29, 1.82) is 0 Å². The smallest absolute Gasteiger partial charge is 0.347 e. The third-order valence-corrected chi connectivity index (χ3v) is 13.1. The number of pyridine rings is 1. The number of aliphatic hydroxyl groups excluding tert-OH is 1. The molecule has 1 saturated heterocycles. The highest BCUT2D eigenvalue weighted by Crippen LogP contribution is 2.35. The summed E-state index contributed by atoms with van der Waals surface area (Å²) in [6.45, 7) is 4.28. The van der Waals surface area contributed by atoms with Gasteiger partial charge in [-0.1, -0.05) is 115 Å². The molecule has 0 saturated carbocycles. The number of thiophene rings is 1. The Balaban J connectivity index is 0.812. The van der Waals surface area contributed by atoms with E-state index in [4.69, 9.17) is 4.74 Å². The predicted molar refractivity (Wildman–Crippen MR) is 250 cm³/mol. The SMILES string of the molecule is O=C(NCc1ccc(CCNC[C@H](O)c2ccc(O)c3[nH]c(=O)ccc23)cc1)c1ccc(-c2ccc(C(O)(C(=O)OCC3CCN(Cc4ccccc4)CC3)c3ccccc3)cc2)s1. The van der Waals surface area contributed by atoms with Crippen LogP contribution in [0.15, 0.2) is 150 Å². The Morgan fingerprint density at radius 2 is 1.48 bits per heavy atom. The normalized spacial score (nSPS) is 14.8. The summed E-state index contributed by atoms with van der Waals surface area (Å²) in [5, 5.41) is 40.0. The van der Waals surface area contributed by atoms with Crippen LogP contribution in [-0.2, 0) is 34.6 Å². The second-order valence-electron chi connectivity index (χ2n) is 16.4. The number of carbonyl (C=O) groups is 2. The third-order valence-electron chi connectivity index (χ3n) is 12.0. The fourth-order valence-corrected chi connectivity index (χ4v) is 9.18. The van der Waals surface area contributed by atoms with Crippen LogP contribution in [0.3, 0.4) is 0 Å². The quantitative estimate of drug-likeness (QED) is 0.0403. The number of aromatic amines is 1. The number of rotatable bonds is 17. The fourth-order valence-electron chi connectivity index (χ4n) is 8.25. The molecule has 6 N–H and O–H groups in total. The van der Waals surface area contributed by atoms with Gasteiger partial charge in [-0.3, -0.25) is 14.5 Å². The van der Waals surface area contributed by atoms with Crippen molar-refractivity contribution in [1.82, 2.24) is 20.5 Å². The molecule has 2 atom stereocenters. The first-order valence-electron chi connectivity index (χ1n) is 21.7. The Labute approximate surface area is 376 Å². The zero-order valence-corrected chi connectivity index (χ0v) is 36.2. The Hall–Kier alpha value is -6.41. The van der Waals surface area contributed by atoms with Crippen LogP contribution < -0.4 is 16.2 Å². The molecule has 0 aliphatic carbocycles. The molecule has 0 radical (unpaired) electrons. The average molecular weight is 877 g/mol. The summed E-state index contributed by atoms with van der Waals surface area (Å²) in [5.74, 6) is -0.715. The lowest BCUT2D eigenvalue weighted by Crippen LogP contribution is -2.40. The third kappa shape index (κ3) is 10.5. The van der Waals surface area contributed by atoms with Crippen LogP contribution in [0.5, 0.6) is 5.75 Å². The van der Waals surface area contributed by atoms with Gasteiger partial charge in [-0.25, -0.2) is 4.79 Å². The van der Waals surface area contributed by atoms with Crippen LogP contribution in [0.2, 0.25) is 0 Å². The lowest BCUT2D eigenvalue weighted by atomic mass is 9.85. The molecule has 0 spiro atoms. The lowest BCUT2D eigenvalue weighted by Gasteiger charge is -2.33. The number of likely N-dealkylation sites (tertiary alicyclic amines) is 1. The van der Waals surface area contributed by atoms with Gasteiger partial charge in [0, 0.05) is 36.0 Å². The first-order chi connectivity index (χ1) is 31.1. The van der Waals surface area contributed by atoms with Gasteiger partial charge in [-0.15, -0.1) is 11.3 Å². The molecule has 7 aromatic rings. The second kappa shape index (κ2) is 20.4. The minimum absolute atomic E-state index is 0.0480. The van der Waals surface area contributed by atoms with E-state index in [0.717, 1.165) is 60.5 Å². The maximum atomic E-state index is 13.8. The molecule has 12 heteroatoms. The number of hydrogen-bond donors (Lipinski definition) is 6. The molecule has 0 bridgehead atoms. The van der Waals surface area contributed by atoms with Crippen LogP contribution in [-0.4, -0.2) is 69.9 Å². The predicted octanol–water partition coefficient (Wildman–Crippen LogP) is 7.45. The summed E-state index contributed by atoms with van der Waals surface area (Å²) in [7, 11) is 0. The van der Waals surface area contributed by atoms with Gasteiger partial charge in [0.1, 0.15) is 5.75 Å². The number of aromatic hydroxyl groups is 1. The van der Waals surface area contributed by atoms with E-state index in [1.165, 1.54) is 29.0 Å². The molecule has 1 unspecified atom stereocenters. The molecular formula is C52H52N4O7S. The van der Waals surface area contributed by atoms with Gasteiger partial charge in [0.2, 0.25) is 11.2 Å². The number of aliphatic hydroxyl groups is 2. The molecular weight excluding hydrogens is 825 g/mol. The van der Waals surface area contributed by atoms with Crippen LogP contribution in [0.1, 0.15) is 62.0 Å². The zero-order valence-electron chi connectivity index (χ0n) is 35.4. The number of hydrogen-bond acceptors (Lipinski definition) is 10. The van der Waals surface area contributed by atoms with E-state index in [-0.39, 0.29) is 29.7 Å². The molecule has 64 heavy (non-hydrogen) atoms. The van der Waals surface area contributed by atoms with Crippen LogP contribution >= 0.6 is 11.3 Å². The molecule has 5 aromatic carbocycles. The molecule has 1 amide bonds. The van der Waals surface area contributed by atoms with Crippen molar-refractivity contribution in [2.75, 3.05) is 32.8 Å². The largest absolute Gasteiger partial charge is 0.506 e. The van der Waals surface area contributed by atoms with E-state index in [1.54, 1.807) is 54.6 Å². The highest BCUT2D eigenvalue weighted by Gasteiger charge is 2.42. The molecule has 11 nitrogen and oxygen atoms in total. The minimum atomic E-state index is -2.00. The Morgan fingerprint density at radius 1 is 0.797 bits per heavy atom. The summed E-state index contributed by atoms with van der Waals surface area (Å²) >= 11 is 1.37. The summed E-state index contributed by atoms with van der Waals surface area (Å²) < 4.78 is 5.90. The topological polar surface area (TPSA) is 164 Å². The van der Waals surface area contributed by atoms with Gasteiger partial charge in [0.05, 0.1) is 23.1 Å². The van der Waals surface area contributed by atoms with E-state index < -0.39 is 17.7 Å². The lowest BCUT2D eigenvalue weighted by molar-refractivity contribution is -0.164. The highest BCUT2D eigenvalue weighted by atomic mass is 32.1. The summed E-state index contributed by atoms with van der Waals surface area (Å²) in [5.41, 5.74) is 3.62. The molecule has 1 aliphatic heterocycles. The van der Waals surface area contributed by atoms with Gasteiger partial charge < -0.3 is 35.7 Å². The van der Waals surface area contributed by atoms with Crippen molar-refractivity contribution in [3.63, 3.8) is 0 Å². The van der Waals surface area contributed by atoms with E-state index in [2.05, 4.69) is 44.8 Å². The summed E-state index contributed by atoms with van der Waals surface area (Å²) in [6.07, 6.45) is 1.72. The number of amides is 1. The van der Waals surface area contributed by atoms with Crippen molar-refractivity contribution in [3.05, 3.63) is 194 Å². The Kier molecular flexibility index (Phi) is 14.1.